The molecule has 1 aliphatic rings. The molecule has 0 unspecified atom stereocenters. The second-order valence-electron chi connectivity index (χ2n) is 4.82. The summed E-state index contributed by atoms with van der Waals surface area (Å²) in [5, 5.41) is 2.72. The monoisotopic (exact) mass is 299 g/mol. The van der Waals surface area contributed by atoms with Crippen molar-refractivity contribution in [2.45, 2.75) is 0 Å². The van der Waals surface area contributed by atoms with E-state index in [4.69, 9.17) is 9.47 Å². The van der Waals surface area contributed by atoms with Crippen LogP contribution in [-0.2, 0) is 4.79 Å². The van der Waals surface area contributed by atoms with Crippen molar-refractivity contribution in [3.8, 4) is 11.5 Å². The van der Waals surface area contributed by atoms with Crippen molar-refractivity contribution in [2.75, 3.05) is 19.5 Å². The lowest BCUT2D eigenvalue weighted by Gasteiger charge is -2.08. The fourth-order valence-corrected chi connectivity index (χ4v) is 2.41. The van der Waals surface area contributed by atoms with Gasteiger partial charge in [0.25, 0.3) is 5.91 Å². The number of anilines is 1. The molecule has 2 aromatic rings. The molecular weight excluding hydrogens is 285 g/mol. The van der Waals surface area contributed by atoms with Crippen LogP contribution in [0.3, 0.4) is 0 Å². The average Bonchev–Trinajstić information content (AvgIpc) is 2.83. The summed E-state index contributed by atoms with van der Waals surface area (Å²) in [5.41, 5.74) is 2.35. The van der Waals surface area contributed by atoms with Crippen LogP contribution in [0.1, 0.15) is 11.1 Å². The Bertz CT molecular complexity index is 783. The van der Waals surface area contributed by atoms with Gasteiger partial charge in [-0.05, 0) is 42.0 Å². The van der Waals surface area contributed by atoms with Gasteiger partial charge in [-0.3, -0.25) is 4.79 Å². The molecule has 5 heteroatoms. The fraction of sp³-hybridized carbons (Fsp3) is 0.118. The van der Waals surface area contributed by atoms with Gasteiger partial charge in [-0.2, -0.15) is 0 Å². The first-order valence-corrected chi connectivity index (χ1v) is 6.67. The number of rotatable bonds is 3. The number of hydrogen-bond donors (Lipinski definition) is 1. The topological polar surface area (TPSA) is 47.6 Å². The molecule has 22 heavy (non-hydrogen) atoms. The van der Waals surface area contributed by atoms with E-state index in [1.54, 1.807) is 44.6 Å². The van der Waals surface area contributed by atoms with Crippen molar-refractivity contribution < 1.29 is 18.7 Å². The lowest BCUT2D eigenvalue weighted by molar-refractivity contribution is -0.110. The van der Waals surface area contributed by atoms with Crippen molar-refractivity contribution in [1.82, 2.24) is 0 Å². The highest BCUT2D eigenvalue weighted by molar-refractivity contribution is 6.34. The normalized spacial score (nSPS) is 14.7. The third kappa shape index (κ3) is 2.41. The Morgan fingerprint density at radius 3 is 2.55 bits per heavy atom. The number of benzene rings is 2. The minimum Gasteiger partial charge on any atom is -0.493 e. The number of nitrogens with one attached hydrogen (secondary N) is 1. The second-order valence-corrected chi connectivity index (χ2v) is 4.82. The molecular formula is C17H14FNO3. The van der Waals surface area contributed by atoms with Gasteiger partial charge in [0.05, 0.1) is 14.2 Å². The van der Waals surface area contributed by atoms with Crippen molar-refractivity contribution >= 4 is 23.2 Å². The Labute approximate surface area is 127 Å². The summed E-state index contributed by atoms with van der Waals surface area (Å²) >= 11 is 0. The van der Waals surface area contributed by atoms with Gasteiger partial charge in [-0.1, -0.05) is 6.07 Å². The minimum absolute atomic E-state index is 0.254. The van der Waals surface area contributed by atoms with Crippen LogP contribution in [-0.4, -0.2) is 20.1 Å². The number of hydrogen-bond acceptors (Lipinski definition) is 3. The molecule has 0 saturated heterocycles. The Hall–Kier alpha value is -2.82. The molecule has 0 radical (unpaired) electrons. The van der Waals surface area contributed by atoms with Crippen LogP contribution in [0.4, 0.5) is 10.1 Å². The van der Waals surface area contributed by atoms with Crippen molar-refractivity contribution in [2.24, 2.45) is 0 Å². The summed E-state index contributed by atoms with van der Waals surface area (Å²) in [5.74, 6) is 0.533. The van der Waals surface area contributed by atoms with Crippen LogP contribution in [0.2, 0.25) is 0 Å². The van der Waals surface area contributed by atoms with E-state index < -0.39 is 0 Å². The first-order valence-electron chi connectivity index (χ1n) is 6.67. The molecule has 0 aromatic heterocycles. The molecule has 0 saturated carbocycles. The van der Waals surface area contributed by atoms with E-state index in [-0.39, 0.29) is 11.7 Å². The van der Waals surface area contributed by atoms with Gasteiger partial charge in [0.15, 0.2) is 11.5 Å². The third-order valence-corrected chi connectivity index (χ3v) is 3.48. The molecule has 4 nitrogen and oxygen atoms in total. The van der Waals surface area contributed by atoms with Crippen LogP contribution < -0.4 is 14.8 Å². The van der Waals surface area contributed by atoms with E-state index in [2.05, 4.69) is 5.32 Å². The number of fused-ring (bicyclic) bond motifs is 1. The van der Waals surface area contributed by atoms with E-state index >= 15 is 0 Å². The lowest BCUT2D eigenvalue weighted by atomic mass is 10.0. The molecule has 112 valence electrons. The van der Waals surface area contributed by atoms with Crippen molar-refractivity contribution in [3.05, 3.63) is 53.3 Å². The number of ether oxygens (including phenoxy) is 2. The van der Waals surface area contributed by atoms with Crippen LogP contribution in [0.15, 0.2) is 36.4 Å². The molecule has 0 aliphatic carbocycles. The van der Waals surface area contributed by atoms with Gasteiger partial charge in [0.1, 0.15) is 5.82 Å². The maximum atomic E-state index is 13.4. The van der Waals surface area contributed by atoms with Gasteiger partial charge in [-0.15, -0.1) is 0 Å². The third-order valence-electron chi connectivity index (χ3n) is 3.48. The smallest absolute Gasteiger partial charge is 0.256 e. The molecule has 1 aliphatic heterocycles. The van der Waals surface area contributed by atoms with Crippen molar-refractivity contribution in [3.63, 3.8) is 0 Å². The standard InChI is InChI=1S/C17H14FNO3/c1-21-15-6-3-10(8-16(15)22-2)7-13-12-9-11(18)4-5-14(12)19-17(13)20/h3-9H,1-2H3,(H,19,20)/b13-7+. The van der Waals surface area contributed by atoms with Gasteiger partial charge in [-0.25, -0.2) is 4.39 Å². The average molecular weight is 299 g/mol. The summed E-state index contributed by atoms with van der Waals surface area (Å²) in [6.07, 6.45) is 1.70. The first kappa shape index (κ1) is 14.1. The molecule has 0 bridgehead atoms. The highest BCUT2D eigenvalue weighted by Crippen LogP contribution is 2.35. The predicted molar refractivity (Wildman–Crippen MR) is 82.4 cm³/mol. The Morgan fingerprint density at radius 1 is 1.05 bits per heavy atom. The van der Waals surface area contributed by atoms with E-state index in [1.807, 2.05) is 0 Å². The quantitative estimate of drug-likeness (QED) is 0.884. The summed E-state index contributed by atoms with van der Waals surface area (Å²) in [7, 11) is 3.10. The molecule has 1 amide bonds. The van der Waals surface area contributed by atoms with Crippen LogP contribution in [0, 0.1) is 5.82 Å². The highest BCUT2D eigenvalue weighted by atomic mass is 19.1. The van der Waals surface area contributed by atoms with E-state index in [0.717, 1.165) is 5.56 Å². The van der Waals surface area contributed by atoms with Gasteiger partial charge in [0.2, 0.25) is 0 Å². The number of carbonyl (C=O) groups is 1. The minimum atomic E-state index is -0.381. The van der Waals surface area contributed by atoms with E-state index in [0.29, 0.717) is 28.3 Å². The second kappa shape index (κ2) is 5.52. The maximum Gasteiger partial charge on any atom is 0.256 e. The van der Waals surface area contributed by atoms with Gasteiger partial charge < -0.3 is 14.8 Å². The number of halogens is 1. The SMILES string of the molecule is COc1ccc(/C=C2/C(=O)Nc3ccc(F)cc32)cc1OC. The van der Waals surface area contributed by atoms with E-state index in [1.165, 1.54) is 12.1 Å². The van der Waals surface area contributed by atoms with Crippen LogP contribution in [0.25, 0.3) is 11.6 Å². The number of methoxy groups -OCH3 is 2. The van der Waals surface area contributed by atoms with Gasteiger partial charge >= 0.3 is 0 Å². The molecule has 3 rings (SSSR count). The summed E-state index contributed by atoms with van der Waals surface area (Å²) < 4.78 is 23.8. The van der Waals surface area contributed by atoms with Crippen molar-refractivity contribution in [1.29, 1.82) is 0 Å². The number of amides is 1. The Balaban J connectivity index is 2.06. The molecule has 0 atom stereocenters. The zero-order chi connectivity index (χ0) is 15.7. The highest BCUT2D eigenvalue weighted by Gasteiger charge is 2.24. The summed E-state index contributed by atoms with van der Waals surface area (Å²) in [6.45, 7) is 0. The molecule has 1 heterocycles. The molecule has 1 N–H and O–H groups in total. The Kier molecular flexibility index (Phi) is 3.55. The zero-order valence-electron chi connectivity index (χ0n) is 12.1. The van der Waals surface area contributed by atoms with Crippen LogP contribution >= 0.6 is 0 Å². The summed E-state index contributed by atoms with van der Waals surface area (Å²) in [6, 6.07) is 9.54. The summed E-state index contributed by atoms with van der Waals surface area (Å²) in [4.78, 5) is 12.1. The predicted octanol–water partition coefficient (Wildman–Crippen LogP) is 3.34. The van der Waals surface area contributed by atoms with E-state index in [9.17, 15) is 9.18 Å². The lowest BCUT2D eigenvalue weighted by Crippen LogP contribution is -2.03. The maximum absolute atomic E-state index is 13.4. The Morgan fingerprint density at radius 2 is 1.82 bits per heavy atom. The largest absolute Gasteiger partial charge is 0.493 e. The zero-order valence-corrected chi connectivity index (χ0v) is 12.1. The molecule has 2 aromatic carbocycles. The molecule has 0 fully saturated rings. The first-order chi connectivity index (χ1) is 10.6. The van der Waals surface area contributed by atoms with Crippen LogP contribution in [0.5, 0.6) is 11.5 Å². The van der Waals surface area contributed by atoms with Gasteiger partial charge in [0, 0.05) is 16.8 Å². The fourth-order valence-electron chi connectivity index (χ4n) is 2.41. The molecule has 0 spiro atoms. The number of carbonyl (C=O) groups excluding carboxylic acids is 1.